The lowest BCUT2D eigenvalue weighted by Gasteiger charge is -2.41. The van der Waals surface area contributed by atoms with E-state index in [0.29, 0.717) is 0 Å². The molecule has 0 radical (unpaired) electrons. The number of hydroxylamine groups is 2. The van der Waals surface area contributed by atoms with Gasteiger partial charge in [0.1, 0.15) is 0 Å². The molecule has 2 aromatic rings. The Bertz CT molecular complexity index is 458. The Morgan fingerprint density at radius 1 is 0.889 bits per heavy atom. The van der Waals surface area contributed by atoms with Crippen LogP contribution in [-0.4, -0.2) is 22.9 Å². The summed E-state index contributed by atoms with van der Waals surface area (Å²) < 4.78 is 0. The zero-order valence-electron chi connectivity index (χ0n) is 10.2. The second kappa shape index (κ2) is 4.92. The predicted molar refractivity (Wildman–Crippen MR) is 71.6 cm³/mol. The summed E-state index contributed by atoms with van der Waals surface area (Å²) in [6.07, 6.45) is 1.05. The highest BCUT2D eigenvalue weighted by atomic mass is 16.5. The predicted octanol–water partition coefficient (Wildman–Crippen LogP) is 3.28. The Morgan fingerprint density at radius 3 is 1.72 bits per heavy atom. The summed E-state index contributed by atoms with van der Waals surface area (Å²) in [5.74, 6) is 0.256. The molecule has 2 aromatic carbocycles. The molecule has 0 aromatic heterocycles. The van der Waals surface area contributed by atoms with Crippen LogP contribution in [0.4, 0.5) is 0 Å². The van der Waals surface area contributed by atoms with Crippen molar-refractivity contribution in [2.45, 2.75) is 18.4 Å². The van der Waals surface area contributed by atoms with Gasteiger partial charge in [0.05, 0.1) is 0 Å². The van der Waals surface area contributed by atoms with Crippen LogP contribution in [-0.2, 0) is 0 Å². The normalized spacial score (nSPS) is 19.8. The van der Waals surface area contributed by atoms with E-state index in [9.17, 15) is 5.21 Å². The third-order valence-corrected chi connectivity index (χ3v) is 3.74. The van der Waals surface area contributed by atoms with Crippen LogP contribution in [0.5, 0.6) is 0 Å². The van der Waals surface area contributed by atoms with Gasteiger partial charge in [-0.15, -0.1) is 0 Å². The van der Waals surface area contributed by atoms with E-state index in [1.54, 1.807) is 0 Å². The van der Waals surface area contributed by atoms with Crippen molar-refractivity contribution in [2.24, 2.45) is 0 Å². The highest BCUT2D eigenvalue weighted by Crippen LogP contribution is 2.35. The maximum Gasteiger partial charge on any atom is 0.0472 e. The van der Waals surface area contributed by atoms with Crippen molar-refractivity contribution in [1.29, 1.82) is 0 Å². The van der Waals surface area contributed by atoms with Gasteiger partial charge in [0.15, 0.2) is 0 Å². The molecule has 0 amide bonds. The first-order valence-corrected chi connectivity index (χ1v) is 6.41. The smallest absolute Gasteiger partial charge is 0.0472 e. The van der Waals surface area contributed by atoms with Crippen molar-refractivity contribution in [3.63, 3.8) is 0 Å². The van der Waals surface area contributed by atoms with Crippen LogP contribution >= 0.6 is 0 Å². The minimum Gasteiger partial charge on any atom is -0.314 e. The summed E-state index contributed by atoms with van der Waals surface area (Å²) in [6.45, 7) is 0.779. The van der Waals surface area contributed by atoms with Gasteiger partial charge >= 0.3 is 0 Å². The van der Waals surface area contributed by atoms with E-state index in [2.05, 4.69) is 48.5 Å². The minimum atomic E-state index is 0.204. The molecular weight excluding hydrogens is 222 g/mol. The molecule has 18 heavy (non-hydrogen) atoms. The van der Waals surface area contributed by atoms with E-state index in [4.69, 9.17) is 0 Å². The number of nitrogens with zero attached hydrogens (tertiary/aromatic N) is 1. The molecule has 1 fully saturated rings. The highest BCUT2D eigenvalue weighted by molar-refractivity contribution is 5.34. The molecule has 0 aliphatic carbocycles. The Balaban J connectivity index is 1.99. The van der Waals surface area contributed by atoms with Gasteiger partial charge in [-0.2, -0.15) is 5.06 Å². The van der Waals surface area contributed by atoms with Crippen LogP contribution in [0.2, 0.25) is 0 Å². The van der Waals surface area contributed by atoms with Crippen molar-refractivity contribution in [1.82, 2.24) is 5.06 Å². The van der Waals surface area contributed by atoms with Gasteiger partial charge < -0.3 is 5.21 Å². The molecule has 92 valence electrons. The van der Waals surface area contributed by atoms with Gasteiger partial charge in [-0.1, -0.05) is 60.7 Å². The maximum atomic E-state index is 9.83. The number of hydrogen-bond donors (Lipinski definition) is 1. The monoisotopic (exact) mass is 239 g/mol. The van der Waals surface area contributed by atoms with Gasteiger partial charge in [0.25, 0.3) is 0 Å². The topological polar surface area (TPSA) is 23.5 Å². The van der Waals surface area contributed by atoms with E-state index >= 15 is 0 Å². The van der Waals surface area contributed by atoms with Crippen LogP contribution < -0.4 is 0 Å². The van der Waals surface area contributed by atoms with Crippen molar-refractivity contribution in [3.05, 3.63) is 71.8 Å². The number of benzene rings is 2. The fourth-order valence-corrected chi connectivity index (χ4v) is 2.69. The molecule has 1 unspecified atom stereocenters. The number of hydrogen-bond acceptors (Lipinski definition) is 2. The zero-order chi connectivity index (χ0) is 12.4. The molecule has 1 saturated heterocycles. The molecule has 1 aliphatic heterocycles. The van der Waals surface area contributed by atoms with Gasteiger partial charge in [0.2, 0.25) is 0 Å². The molecule has 3 rings (SSSR count). The molecule has 1 N–H and O–H groups in total. The molecule has 0 bridgehead atoms. The van der Waals surface area contributed by atoms with Crippen LogP contribution in [0.15, 0.2) is 60.7 Å². The van der Waals surface area contributed by atoms with E-state index in [1.165, 1.54) is 16.2 Å². The molecule has 1 aliphatic rings. The van der Waals surface area contributed by atoms with Crippen molar-refractivity contribution in [3.8, 4) is 0 Å². The highest BCUT2D eigenvalue weighted by Gasteiger charge is 2.35. The van der Waals surface area contributed by atoms with Gasteiger partial charge in [-0.05, 0) is 17.5 Å². The average molecular weight is 239 g/mol. The summed E-state index contributed by atoms with van der Waals surface area (Å²) >= 11 is 0. The van der Waals surface area contributed by atoms with Gasteiger partial charge in [0, 0.05) is 18.5 Å². The average Bonchev–Trinajstić information content (AvgIpc) is 2.45. The summed E-state index contributed by atoms with van der Waals surface area (Å²) in [5.41, 5.74) is 2.54. The molecule has 0 saturated carbocycles. The molecule has 2 nitrogen and oxygen atoms in total. The fraction of sp³-hybridized carbons (Fsp3) is 0.250. The van der Waals surface area contributed by atoms with Gasteiger partial charge in [-0.3, -0.25) is 0 Å². The fourth-order valence-electron chi connectivity index (χ4n) is 2.69. The van der Waals surface area contributed by atoms with E-state index < -0.39 is 0 Å². The first kappa shape index (κ1) is 11.5. The summed E-state index contributed by atoms with van der Waals surface area (Å²) in [4.78, 5) is 0. The first-order chi connectivity index (χ1) is 8.86. The second-order valence-electron chi connectivity index (χ2n) is 4.82. The lowest BCUT2D eigenvalue weighted by atomic mass is 9.80. The summed E-state index contributed by atoms with van der Waals surface area (Å²) in [7, 11) is 0. The first-order valence-electron chi connectivity index (χ1n) is 6.41. The van der Waals surface area contributed by atoms with Crippen molar-refractivity contribution < 1.29 is 5.21 Å². The molecule has 1 heterocycles. The van der Waals surface area contributed by atoms with Crippen LogP contribution in [0.3, 0.4) is 0 Å². The quantitative estimate of drug-likeness (QED) is 0.888. The van der Waals surface area contributed by atoms with Crippen molar-refractivity contribution >= 4 is 0 Å². The molecule has 1 atom stereocenters. The van der Waals surface area contributed by atoms with Gasteiger partial charge in [-0.25, -0.2) is 0 Å². The standard InChI is InChI=1S/C16H17NO/c18-17-12-11-15(17)16(13-7-3-1-4-8-13)14-9-5-2-6-10-14/h1-10,15-16,18H,11-12H2. The molecule has 2 heteroatoms. The van der Waals surface area contributed by atoms with Crippen LogP contribution in [0.1, 0.15) is 23.5 Å². The Hall–Kier alpha value is -1.64. The third-order valence-electron chi connectivity index (χ3n) is 3.74. The minimum absolute atomic E-state index is 0.204. The molecular formula is C16H17NO. The largest absolute Gasteiger partial charge is 0.314 e. The SMILES string of the molecule is ON1CCC1C(c1ccccc1)c1ccccc1. The summed E-state index contributed by atoms with van der Waals surface area (Å²) in [6, 6.07) is 21.1. The third kappa shape index (κ3) is 2.05. The maximum absolute atomic E-state index is 9.83. The lowest BCUT2D eigenvalue weighted by molar-refractivity contribution is -0.185. The second-order valence-corrected chi connectivity index (χ2v) is 4.82. The Labute approximate surface area is 107 Å². The molecule has 0 spiro atoms. The number of rotatable bonds is 3. The summed E-state index contributed by atoms with van der Waals surface area (Å²) in [5, 5.41) is 11.3. The lowest BCUT2D eigenvalue weighted by Crippen LogP contribution is -2.49. The van der Waals surface area contributed by atoms with E-state index in [1.807, 2.05) is 12.1 Å². The van der Waals surface area contributed by atoms with Crippen molar-refractivity contribution in [2.75, 3.05) is 6.54 Å². The van der Waals surface area contributed by atoms with E-state index in [-0.39, 0.29) is 12.0 Å². The van der Waals surface area contributed by atoms with Crippen LogP contribution in [0, 0.1) is 0 Å². The Morgan fingerprint density at radius 2 is 1.39 bits per heavy atom. The zero-order valence-corrected chi connectivity index (χ0v) is 10.2. The Kier molecular flexibility index (Phi) is 3.13. The van der Waals surface area contributed by atoms with Crippen LogP contribution in [0.25, 0.3) is 0 Å². The van der Waals surface area contributed by atoms with E-state index in [0.717, 1.165) is 13.0 Å².